The highest BCUT2D eigenvalue weighted by atomic mass is 16.2. The standard InChI is InChI=1S/C32H38N4O2/c37-31(22-4-2-1-3-5-22)33-26-11-8-21(9-12-26)30-34-27-13-10-23(18-28(27)35-30)32(38)36-29-24-14-19-6-7-20(16-24)17-25(29)15-19/h8-13,18-20,22,24-25,29H,1-7,14-17H2,(H,33,37)(H,34,35)(H,36,38). The second kappa shape index (κ2) is 9.87. The third-order valence-corrected chi connectivity index (χ3v) is 9.99. The van der Waals surface area contributed by atoms with Gasteiger partial charge in [-0.05, 0) is 105 Å². The molecule has 4 bridgehead atoms. The lowest BCUT2D eigenvalue weighted by atomic mass is 9.64. The van der Waals surface area contributed by atoms with Crippen LogP contribution in [0.4, 0.5) is 5.69 Å². The number of carbonyl (C=O) groups excluding carboxylic acids is 2. The van der Waals surface area contributed by atoms with Gasteiger partial charge in [-0.15, -0.1) is 0 Å². The van der Waals surface area contributed by atoms with Crippen LogP contribution in [-0.4, -0.2) is 27.8 Å². The molecule has 0 saturated heterocycles. The van der Waals surface area contributed by atoms with Gasteiger partial charge in [0.05, 0.1) is 11.0 Å². The first kappa shape index (κ1) is 23.9. The molecule has 0 atom stereocenters. The van der Waals surface area contributed by atoms with E-state index in [1.165, 1.54) is 44.9 Å². The van der Waals surface area contributed by atoms with Gasteiger partial charge in [-0.3, -0.25) is 9.59 Å². The fourth-order valence-corrected chi connectivity index (χ4v) is 8.09. The third-order valence-electron chi connectivity index (χ3n) is 9.99. The number of fused-ring (bicyclic) bond motifs is 2. The van der Waals surface area contributed by atoms with Crippen molar-refractivity contribution in [1.29, 1.82) is 0 Å². The Hall–Kier alpha value is -3.15. The van der Waals surface area contributed by atoms with Crippen molar-refractivity contribution < 1.29 is 9.59 Å². The number of H-pyrrole nitrogens is 1. The zero-order valence-corrected chi connectivity index (χ0v) is 22.0. The van der Waals surface area contributed by atoms with Gasteiger partial charge in [0, 0.05) is 28.8 Å². The fourth-order valence-electron chi connectivity index (χ4n) is 8.09. The first-order valence-electron chi connectivity index (χ1n) is 14.8. The number of anilines is 1. The van der Waals surface area contributed by atoms with Gasteiger partial charge in [0.1, 0.15) is 5.82 Å². The Kier molecular flexibility index (Phi) is 6.21. The topological polar surface area (TPSA) is 86.9 Å². The van der Waals surface area contributed by atoms with Crippen molar-refractivity contribution in [2.45, 2.75) is 76.7 Å². The van der Waals surface area contributed by atoms with E-state index in [2.05, 4.69) is 15.6 Å². The molecule has 198 valence electrons. The molecule has 5 saturated carbocycles. The quantitative estimate of drug-likeness (QED) is 0.357. The molecule has 6 nitrogen and oxygen atoms in total. The highest BCUT2D eigenvalue weighted by Crippen LogP contribution is 2.51. The molecular weight excluding hydrogens is 472 g/mol. The summed E-state index contributed by atoms with van der Waals surface area (Å²) in [5, 5.41) is 6.53. The zero-order valence-electron chi connectivity index (χ0n) is 22.0. The maximum atomic E-state index is 13.3. The average Bonchev–Trinajstić information content (AvgIpc) is 3.20. The van der Waals surface area contributed by atoms with Gasteiger partial charge in [-0.2, -0.15) is 0 Å². The first-order chi connectivity index (χ1) is 18.6. The molecule has 2 aromatic carbocycles. The predicted octanol–water partition coefficient (Wildman–Crippen LogP) is 6.69. The van der Waals surface area contributed by atoms with Crippen molar-refractivity contribution in [1.82, 2.24) is 15.3 Å². The van der Waals surface area contributed by atoms with Crippen LogP contribution < -0.4 is 10.6 Å². The molecule has 1 heterocycles. The van der Waals surface area contributed by atoms with Gasteiger partial charge in [0.15, 0.2) is 0 Å². The van der Waals surface area contributed by atoms with Crippen molar-refractivity contribution in [3.8, 4) is 11.4 Å². The summed E-state index contributed by atoms with van der Waals surface area (Å²) in [6.45, 7) is 0. The van der Waals surface area contributed by atoms with Gasteiger partial charge in [-0.25, -0.2) is 4.98 Å². The van der Waals surface area contributed by atoms with Crippen molar-refractivity contribution >= 4 is 28.5 Å². The van der Waals surface area contributed by atoms with Crippen molar-refractivity contribution in [3.05, 3.63) is 48.0 Å². The zero-order chi connectivity index (χ0) is 25.6. The summed E-state index contributed by atoms with van der Waals surface area (Å²) in [5.74, 6) is 4.15. The summed E-state index contributed by atoms with van der Waals surface area (Å²) < 4.78 is 0. The summed E-state index contributed by atoms with van der Waals surface area (Å²) in [5.41, 5.74) is 4.18. The molecule has 0 spiro atoms. The molecule has 0 unspecified atom stereocenters. The molecule has 5 aliphatic carbocycles. The van der Waals surface area contributed by atoms with E-state index >= 15 is 0 Å². The number of aromatic amines is 1. The lowest BCUT2D eigenvalue weighted by molar-refractivity contribution is -0.120. The van der Waals surface area contributed by atoms with Crippen LogP contribution in [0.1, 0.15) is 81.0 Å². The maximum absolute atomic E-state index is 13.3. The van der Waals surface area contributed by atoms with Crippen LogP contribution in [0.25, 0.3) is 22.4 Å². The second-order valence-electron chi connectivity index (χ2n) is 12.5. The van der Waals surface area contributed by atoms with Gasteiger partial charge < -0.3 is 15.6 Å². The van der Waals surface area contributed by atoms with Crippen molar-refractivity contribution in [2.24, 2.45) is 29.6 Å². The molecule has 2 amide bonds. The Labute approximate surface area is 224 Å². The summed E-state index contributed by atoms with van der Waals surface area (Å²) in [4.78, 5) is 34.0. The third kappa shape index (κ3) is 4.63. The molecule has 5 aliphatic rings. The normalized spacial score (nSPS) is 28.8. The Morgan fingerprint density at radius 1 is 0.816 bits per heavy atom. The molecule has 0 radical (unpaired) electrons. The number of carbonyl (C=O) groups is 2. The molecular formula is C32H38N4O2. The van der Waals surface area contributed by atoms with Crippen LogP contribution in [0.5, 0.6) is 0 Å². The minimum absolute atomic E-state index is 0.0391. The largest absolute Gasteiger partial charge is 0.349 e. The number of amides is 2. The summed E-state index contributed by atoms with van der Waals surface area (Å²) in [7, 11) is 0. The monoisotopic (exact) mass is 510 g/mol. The minimum atomic E-state index is 0.0391. The van der Waals surface area contributed by atoms with Crippen LogP contribution in [0.15, 0.2) is 42.5 Å². The highest BCUT2D eigenvalue weighted by Gasteiger charge is 2.46. The number of hydrogen-bond acceptors (Lipinski definition) is 3. The number of rotatable bonds is 5. The van der Waals surface area contributed by atoms with Crippen LogP contribution in [-0.2, 0) is 4.79 Å². The summed E-state index contributed by atoms with van der Waals surface area (Å²) in [6.07, 6.45) is 13.5. The van der Waals surface area contributed by atoms with Crippen LogP contribution >= 0.6 is 0 Å². The van der Waals surface area contributed by atoms with E-state index in [9.17, 15) is 9.59 Å². The number of nitrogens with zero attached hydrogens (tertiary/aromatic N) is 1. The van der Waals surface area contributed by atoms with E-state index in [0.29, 0.717) is 23.4 Å². The van der Waals surface area contributed by atoms with Crippen LogP contribution in [0.3, 0.4) is 0 Å². The molecule has 3 aromatic rings. The lowest BCUT2D eigenvalue weighted by Crippen LogP contribution is -2.51. The Balaban J connectivity index is 1.03. The number of hydrogen-bond donors (Lipinski definition) is 3. The second-order valence-corrected chi connectivity index (χ2v) is 12.5. The molecule has 1 aromatic heterocycles. The van der Waals surface area contributed by atoms with E-state index in [1.807, 2.05) is 42.5 Å². The maximum Gasteiger partial charge on any atom is 0.251 e. The number of nitrogens with one attached hydrogen (secondary N) is 3. The lowest BCUT2D eigenvalue weighted by Gasteiger charge is -2.45. The Morgan fingerprint density at radius 2 is 1.50 bits per heavy atom. The van der Waals surface area contributed by atoms with Crippen LogP contribution in [0.2, 0.25) is 0 Å². The van der Waals surface area contributed by atoms with E-state index in [-0.39, 0.29) is 17.7 Å². The molecule has 6 heteroatoms. The number of aromatic nitrogens is 2. The predicted molar refractivity (Wildman–Crippen MR) is 150 cm³/mol. The van der Waals surface area contributed by atoms with E-state index in [1.54, 1.807) is 0 Å². The van der Waals surface area contributed by atoms with E-state index in [4.69, 9.17) is 4.98 Å². The van der Waals surface area contributed by atoms with Gasteiger partial charge in [0.2, 0.25) is 5.91 Å². The molecule has 0 aliphatic heterocycles. The Bertz CT molecular complexity index is 1310. The van der Waals surface area contributed by atoms with Gasteiger partial charge in [0.25, 0.3) is 5.91 Å². The van der Waals surface area contributed by atoms with E-state index in [0.717, 1.165) is 65.6 Å². The first-order valence-corrected chi connectivity index (χ1v) is 14.8. The van der Waals surface area contributed by atoms with E-state index < -0.39 is 0 Å². The molecule has 8 rings (SSSR count). The number of imidazole rings is 1. The molecule has 3 N–H and O–H groups in total. The highest BCUT2D eigenvalue weighted by molar-refractivity contribution is 5.98. The van der Waals surface area contributed by atoms with Gasteiger partial charge >= 0.3 is 0 Å². The minimum Gasteiger partial charge on any atom is -0.349 e. The fraction of sp³-hybridized carbons (Fsp3) is 0.531. The van der Waals surface area contributed by atoms with Crippen molar-refractivity contribution in [2.75, 3.05) is 5.32 Å². The summed E-state index contributed by atoms with van der Waals surface area (Å²) in [6, 6.07) is 13.9. The van der Waals surface area contributed by atoms with Crippen LogP contribution in [0, 0.1) is 29.6 Å². The van der Waals surface area contributed by atoms with Crippen molar-refractivity contribution in [3.63, 3.8) is 0 Å². The van der Waals surface area contributed by atoms with Gasteiger partial charge in [-0.1, -0.05) is 32.1 Å². The average molecular weight is 511 g/mol. The smallest absolute Gasteiger partial charge is 0.251 e. The SMILES string of the molecule is O=C(NC1C2CC3CCC(C2)CC1C3)c1ccc2nc(-c3ccc(NC(=O)C4CCCCC4)cc3)[nH]c2c1. The molecule has 38 heavy (non-hydrogen) atoms. The Morgan fingerprint density at radius 3 is 2.18 bits per heavy atom. The number of benzene rings is 2. The summed E-state index contributed by atoms with van der Waals surface area (Å²) >= 11 is 0. The molecule has 5 fully saturated rings.